The van der Waals surface area contributed by atoms with Crippen LogP contribution in [-0.2, 0) is 9.53 Å². The Morgan fingerprint density at radius 1 is 1.30 bits per heavy atom. The van der Waals surface area contributed by atoms with Crippen LogP contribution in [0.1, 0.15) is 44.9 Å². The Bertz CT molecular complexity index is 474. The number of aryl methyl sites for hydroxylation is 1. The minimum absolute atomic E-state index is 0.404. The summed E-state index contributed by atoms with van der Waals surface area (Å²) in [6, 6.07) is 5.37. The molecule has 112 valence electrons. The van der Waals surface area contributed by atoms with Crippen LogP contribution in [0.3, 0.4) is 0 Å². The predicted molar refractivity (Wildman–Crippen MR) is 77.7 cm³/mol. The Kier molecular flexibility index (Phi) is 5.17. The van der Waals surface area contributed by atoms with Crippen molar-refractivity contribution in [1.29, 1.82) is 0 Å². The maximum absolute atomic E-state index is 12.0. The van der Waals surface area contributed by atoms with Gasteiger partial charge in [0, 0.05) is 0 Å². The van der Waals surface area contributed by atoms with Crippen molar-refractivity contribution in [2.45, 2.75) is 46.3 Å². The van der Waals surface area contributed by atoms with Crippen LogP contribution in [0.4, 0.5) is 0 Å². The molecule has 0 heterocycles. The van der Waals surface area contributed by atoms with E-state index in [4.69, 9.17) is 9.47 Å². The zero-order chi connectivity index (χ0) is 15.5. The Balaban J connectivity index is 2.86. The first-order valence-electron chi connectivity index (χ1n) is 6.71. The minimum Gasteiger partial charge on any atom is -0.496 e. The highest BCUT2D eigenvalue weighted by molar-refractivity contribution is 5.73. The third kappa shape index (κ3) is 4.23. The van der Waals surface area contributed by atoms with Gasteiger partial charge in [-0.2, -0.15) is 0 Å². The normalized spacial score (nSPS) is 14.6. The second kappa shape index (κ2) is 6.27. The Labute approximate surface area is 120 Å². The van der Waals surface area contributed by atoms with Crippen LogP contribution in [0.25, 0.3) is 0 Å². The third-order valence-electron chi connectivity index (χ3n) is 3.01. The van der Waals surface area contributed by atoms with Crippen LogP contribution >= 0.6 is 0 Å². The van der Waals surface area contributed by atoms with Crippen LogP contribution < -0.4 is 4.74 Å². The molecule has 20 heavy (non-hydrogen) atoms. The van der Waals surface area contributed by atoms with Gasteiger partial charge in [0.2, 0.25) is 0 Å². The van der Waals surface area contributed by atoms with E-state index in [-0.39, 0.29) is 0 Å². The molecule has 0 saturated heterocycles. The third-order valence-corrected chi connectivity index (χ3v) is 3.01. The molecule has 0 aliphatic carbocycles. The lowest BCUT2D eigenvalue weighted by Gasteiger charge is -2.25. The largest absolute Gasteiger partial charge is 0.496 e. The fraction of sp³-hybridized carbons (Fsp3) is 0.562. The van der Waals surface area contributed by atoms with Crippen LogP contribution in [-0.4, -0.2) is 23.8 Å². The van der Waals surface area contributed by atoms with Crippen molar-refractivity contribution in [3.05, 3.63) is 29.3 Å². The van der Waals surface area contributed by atoms with Crippen LogP contribution in [0, 0.1) is 12.8 Å². The molecule has 0 aliphatic rings. The molecule has 1 rings (SSSR count). The van der Waals surface area contributed by atoms with Crippen LogP contribution in [0.15, 0.2) is 18.2 Å². The van der Waals surface area contributed by atoms with Gasteiger partial charge in [-0.25, -0.2) is 0 Å². The molecule has 0 saturated carbocycles. The number of ether oxygens (including phenoxy) is 2. The zero-order valence-corrected chi connectivity index (χ0v) is 13.1. The molecule has 1 N–H and O–H groups in total. The fourth-order valence-electron chi connectivity index (χ4n) is 1.90. The van der Waals surface area contributed by atoms with Crippen LogP contribution in [0.5, 0.6) is 5.75 Å². The summed E-state index contributed by atoms with van der Waals surface area (Å²) in [6.45, 7) is 8.98. The van der Waals surface area contributed by atoms with Crippen molar-refractivity contribution in [1.82, 2.24) is 0 Å². The first kappa shape index (κ1) is 16.5. The van der Waals surface area contributed by atoms with Gasteiger partial charge >= 0.3 is 5.97 Å². The number of esters is 1. The highest BCUT2D eigenvalue weighted by Gasteiger charge is 2.28. The SMILES string of the molecule is COc1ccc(C(O)C(C)C(=O)OC(C)(C)C)cc1C. The molecule has 0 spiro atoms. The smallest absolute Gasteiger partial charge is 0.312 e. The van der Waals surface area contributed by atoms with Gasteiger partial charge in [-0.15, -0.1) is 0 Å². The summed E-state index contributed by atoms with van der Waals surface area (Å²) in [5, 5.41) is 10.3. The number of carbonyl (C=O) groups is 1. The van der Waals surface area contributed by atoms with E-state index in [1.54, 1.807) is 26.2 Å². The average Bonchev–Trinajstić information content (AvgIpc) is 2.34. The van der Waals surface area contributed by atoms with E-state index in [0.717, 1.165) is 11.3 Å². The molecule has 4 nitrogen and oxygen atoms in total. The molecule has 0 amide bonds. The monoisotopic (exact) mass is 280 g/mol. The van der Waals surface area contributed by atoms with Crippen molar-refractivity contribution >= 4 is 5.97 Å². The van der Waals surface area contributed by atoms with E-state index < -0.39 is 23.6 Å². The lowest BCUT2D eigenvalue weighted by Crippen LogP contribution is -2.30. The average molecular weight is 280 g/mol. The molecule has 2 atom stereocenters. The summed E-state index contributed by atoms with van der Waals surface area (Å²) in [4.78, 5) is 12.0. The number of benzene rings is 1. The number of methoxy groups -OCH3 is 1. The van der Waals surface area contributed by atoms with Crippen molar-refractivity contribution in [2.24, 2.45) is 5.92 Å². The van der Waals surface area contributed by atoms with Gasteiger partial charge in [-0.3, -0.25) is 4.79 Å². The molecule has 0 aliphatic heterocycles. The van der Waals surface area contributed by atoms with Gasteiger partial charge in [0.05, 0.1) is 19.1 Å². The zero-order valence-electron chi connectivity index (χ0n) is 13.1. The maximum Gasteiger partial charge on any atom is 0.312 e. The highest BCUT2D eigenvalue weighted by Crippen LogP contribution is 2.28. The highest BCUT2D eigenvalue weighted by atomic mass is 16.6. The fourth-order valence-corrected chi connectivity index (χ4v) is 1.90. The molecule has 1 aromatic rings. The second-order valence-electron chi connectivity index (χ2n) is 6.00. The number of rotatable bonds is 4. The van der Waals surface area contributed by atoms with E-state index in [0.29, 0.717) is 5.56 Å². The van der Waals surface area contributed by atoms with Crippen molar-refractivity contribution in [3.63, 3.8) is 0 Å². The molecule has 0 radical (unpaired) electrons. The standard InChI is InChI=1S/C16H24O4/c1-10-9-12(7-8-13(10)19-6)14(17)11(2)15(18)20-16(3,4)5/h7-9,11,14,17H,1-6H3. The van der Waals surface area contributed by atoms with Gasteiger partial charge in [0.25, 0.3) is 0 Å². The lowest BCUT2D eigenvalue weighted by atomic mass is 9.96. The number of carbonyl (C=O) groups excluding carboxylic acids is 1. The van der Waals surface area contributed by atoms with E-state index in [2.05, 4.69) is 0 Å². The van der Waals surface area contributed by atoms with E-state index >= 15 is 0 Å². The molecule has 1 aromatic carbocycles. The van der Waals surface area contributed by atoms with Crippen molar-refractivity contribution in [3.8, 4) is 5.75 Å². The quantitative estimate of drug-likeness (QED) is 0.861. The topological polar surface area (TPSA) is 55.8 Å². The maximum atomic E-state index is 12.0. The molecule has 0 aromatic heterocycles. The molecular weight excluding hydrogens is 256 g/mol. The first-order chi connectivity index (χ1) is 9.15. The van der Waals surface area contributed by atoms with Gasteiger partial charge in [-0.05, 0) is 57.9 Å². The number of hydrogen-bond donors (Lipinski definition) is 1. The minimum atomic E-state index is -0.894. The Morgan fingerprint density at radius 2 is 1.90 bits per heavy atom. The van der Waals surface area contributed by atoms with Crippen molar-refractivity contribution < 1.29 is 19.4 Å². The van der Waals surface area contributed by atoms with Gasteiger partial charge in [-0.1, -0.05) is 6.07 Å². The lowest BCUT2D eigenvalue weighted by molar-refractivity contribution is -0.163. The summed E-state index contributed by atoms with van der Waals surface area (Å²) in [5.74, 6) is -0.272. The van der Waals surface area contributed by atoms with Crippen LogP contribution in [0.2, 0.25) is 0 Å². The van der Waals surface area contributed by atoms with E-state index in [9.17, 15) is 9.90 Å². The number of hydrogen-bond acceptors (Lipinski definition) is 4. The number of aliphatic hydroxyl groups excluding tert-OH is 1. The van der Waals surface area contributed by atoms with Gasteiger partial charge in [0.15, 0.2) is 0 Å². The van der Waals surface area contributed by atoms with Gasteiger partial charge < -0.3 is 14.6 Å². The summed E-state index contributed by atoms with van der Waals surface area (Å²) >= 11 is 0. The van der Waals surface area contributed by atoms with Gasteiger partial charge in [0.1, 0.15) is 11.4 Å². The Hall–Kier alpha value is -1.55. The number of aliphatic hydroxyl groups is 1. The molecular formula is C16H24O4. The molecule has 4 heteroatoms. The Morgan fingerprint density at radius 3 is 2.35 bits per heavy atom. The summed E-state index contributed by atoms with van der Waals surface area (Å²) in [5.41, 5.74) is 1.04. The molecule has 2 unspecified atom stereocenters. The molecule has 0 fully saturated rings. The van der Waals surface area contributed by atoms with E-state index in [1.807, 2.05) is 33.8 Å². The summed E-state index contributed by atoms with van der Waals surface area (Å²) in [6.07, 6.45) is -0.894. The summed E-state index contributed by atoms with van der Waals surface area (Å²) in [7, 11) is 1.60. The molecule has 0 bridgehead atoms. The first-order valence-corrected chi connectivity index (χ1v) is 6.71. The van der Waals surface area contributed by atoms with Crippen molar-refractivity contribution in [2.75, 3.05) is 7.11 Å². The predicted octanol–water partition coefficient (Wildman–Crippen LogP) is 3.01. The summed E-state index contributed by atoms with van der Waals surface area (Å²) < 4.78 is 10.5. The van der Waals surface area contributed by atoms with E-state index in [1.165, 1.54) is 0 Å². The second-order valence-corrected chi connectivity index (χ2v) is 6.00.